The number of nitrogens with zero attached hydrogens (tertiary/aromatic N) is 2. The van der Waals surface area contributed by atoms with Crippen molar-refractivity contribution in [3.05, 3.63) is 53.5 Å². The highest BCUT2D eigenvalue weighted by Crippen LogP contribution is 2.08. The molecular weight excluding hydrogens is 200 g/mol. The third-order valence-electron chi connectivity index (χ3n) is 2.54. The second kappa shape index (κ2) is 4.75. The van der Waals surface area contributed by atoms with E-state index in [4.69, 9.17) is 0 Å². The summed E-state index contributed by atoms with van der Waals surface area (Å²) in [6.45, 7) is 4.39. The van der Waals surface area contributed by atoms with E-state index in [1.165, 1.54) is 6.20 Å². The monoisotopic (exact) mass is 214 g/mol. The first-order valence-corrected chi connectivity index (χ1v) is 5.38. The number of unbranched alkanes of at least 4 members (excludes halogenated alkanes) is 1. The Bertz CT molecular complexity index is 557. The van der Waals surface area contributed by atoms with Crippen LogP contribution in [0.25, 0.3) is 11.0 Å². The summed E-state index contributed by atoms with van der Waals surface area (Å²) in [5, 5.41) is 0. The highest BCUT2D eigenvalue weighted by atomic mass is 16.1. The van der Waals surface area contributed by atoms with Crippen LogP contribution in [0.3, 0.4) is 0 Å². The summed E-state index contributed by atoms with van der Waals surface area (Å²) in [7, 11) is 0. The van der Waals surface area contributed by atoms with Gasteiger partial charge in [-0.05, 0) is 25.0 Å². The molecule has 0 bridgehead atoms. The lowest BCUT2D eigenvalue weighted by Crippen LogP contribution is -2.20. The summed E-state index contributed by atoms with van der Waals surface area (Å²) in [5.74, 6) is 0. The van der Waals surface area contributed by atoms with Crippen molar-refractivity contribution >= 4 is 11.0 Å². The van der Waals surface area contributed by atoms with Crippen LogP contribution in [0.15, 0.2) is 47.9 Å². The number of hydrogen-bond acceptors (Lipinski definition) is 2. The summed E-state index contributed by atoms with van der Waals surface area (Å²) in [4.78, 5) is 15.8. The van der Waals surface area contributed by atoms with Crippen LogP contribution in [-0.2, 0) is 6.54 Å². The van der Waals surface area contributed by atoms with E-state index in [0.717, 1.165) is 23.9 Å². The summed E-state index contributed by atoms with van der Waals surface area (Å²) >= 11 is 0. The Labute approximate surface area is 94.1 Å². The molecule has 3 heteroatoms. The SMILES string of the molecule is C=CCCCn1c(=O)cnc2ccccc21. The molecule has 0 fully saturated rings. The van der Waals surface area contributed by atoms with Gasteiger partial charge in [0.2, 0.25) is 0 Å². The Morgan fingerprint density at radius 2 is 2.19 bits per heavy atom. The van der Waals surface area contributed by atoms with Gasteiger partial charge < -0.3 is 4.57 Å². The molecule has 0 unspecified atom stereocenters. The average Bonchev–Trinajstić information content (AvgIpc) is 2.32. The van der Waals surface area contributed by atoms with Crippen LogP contribution in [0.4, 0.5) is 0 Å². The standard InChI is InChI=1S/C13H14N2O/c1-2-3-6-9-15-12-8-5-4-7-11(12)14-10-13(15)16/h2,4-5,7-8,10H,1,3,6,9H2. The van der Waals surface area contributed by atoms with Crippen LogP contribution in [-0.4, -0.2) is 9.55 Å². The van der Waals surface area contributed by atoms with Crippen LogP contribution >= 0.6 is 0 Å². The zero-order valence-electron chi connectivity index (χ0n) is 9.10. The average molecular weight is 214 g/mol. The molecule has 1 aromatic heterocycles. The zero-order chi connectivity index (χ0) is 11.4. The number of benzene rings is 1. The van der Waals surface area contributed by atoms with Gasteiger partial charge in [0.15, 0.2) is 0 Å². The summed E-state index contributed by atoms with van der Waals surface area (Å²) < 4.78 is 1.77. The third-order valence-corrected chi connectivity index (χ3v) is 2.54. The highest BCUT2D eigenvalue weighted by Gasteiger charge is 2.02. The van der Waals surface area contributed by atoms with Crippen molar-refractivity contribution in [2.24, 2.45) is 0 Å². The van der Waals surface area contributed by atoms with Crippen molar-refractivity contribution in [1.29, 1.82) is 0 Å². The first kappa shape index (κ1) is 10.6. The molecule has 1 aromatic carbocycles. The molecule has 0 N–H and O–H groups in total. The molecule has 0 aliphatic rings. The molecule has 0 radical (unpaired) electrons. The summed E-state index contributed by atoms with van der Waals surface area (Å²) in [6, 6.07) is 7.69. The quantitative estimate of drug-likeness (QED) is 0.578. The third kappa shape index (κ3) is 2.03. The Balaban J connectivity index is 2.44. The molecule has 0 amide bonds. The second-order valence-corrected chi connectivity index (χ2v) is 3.67. The fraction of sp³-hybridized carbons (Fsp3) is 0.231. The van der Waals surface area contributed by atoms with E-state index < -0.39 is 0 Å². The zero-order valence-corrected chi connectivity index (χ0v) is 9.10. The minimum Gasteiger partial charge on any atom is -0.305 e. The lowest BCUT2D eigenvalue weighted by Gasteiger charge is -2.08. The number of para-hydroxylation sites is 2. The normalized spacial score (nSPS) is 10.5. The molecule has 0 aliphatic carbocycles. The number of aromatic nitrogens is 2. The Hall–Kier alpha value is -1.90. The van der Waals surface area contributed by atoms with E-state index in [2.05, 4.69) is 11.6 Å². The van der Waals surface area contributed by atoms with E-state index in [0.29, 0.717) is 6.54 Å². The van der Waals surface area contributed by atoms with Crippen LogP contribution in [0, 0.1) is 0 Å². The van der Waals surface area contributed by atoms with Gasteiger partial charge in [-0.25, -0.2) is 4.98 Å². The maximum absolute atomic E-state index is 11.7. The molecule has 82 valence electrons. The Morgan fingerprint density at radius 1 is 1.38 bits per heavy atom. The fourth-order valence-corrected chi connectivity index (χ4v) is 1.74. The fourth-order valence-electron chi connectivity index (χ4n) is 1.74. The van der Waals surface area contributed by atoms with Crippen molar-refractivity contribution < 1.29 is 0 Å². The van der Waals surface area contributed by atoms with Gasteiger partial charge in [0.1, 0.15) is 0 Å². The molecule has 0 aliphatic heterocycles. The van der Waals surface area contributed by atoms with Crippen LogP contribution in [0.1, 0.15) is 12.8 Å². The van der Waals surface area contributed by atoms with Crippen LogP contribution < -0.4 is 5.56 Å². The first-order chi connectivity index (χ1) is 7.83. The predicted octanol–water partition coefficient (Wildman–Crippen LogP) is 2.36. The number of hydrogen-bond donors (Lipinski definition) is 0. The predicted molar refractivity (Wildman–Crippen MR) is 65.4 cm³/mol. The van der Waals surface area contributed by atoms with E-state index in [9.17, 15) is 4.79 Å². The van der Waals surface area contributed by atoms with E-state index >= 15 is 0 Å². The smallest absolute Gasteiger partial charge is 0.269 e. The van der Waals surface area contributed by atoms with E-state index in [1.807, 2.05) is 30.3 Å². The summed E-state index contributed by atoms with van der Waals surface area (Å²) in [5.41, 5.74) is 1.72. The number of aryl methyl sites for hydroxylation is 1. The van der Waals surface area contributed by atoms with Crippen LogP contribution in [0.2, 0.25) is 0 Å². The van der Waals surface area contributed by atoms with Gasteiger partial charge in [-0.3, -0.25) is 4.79 Å². The molecule has 2 rings (SSSR count). The maximum atomic E-state index is 11.7. The molecule has 0 saturated carbocycles. The lowest BCUT2D eigenvalue weighted by molar-refractivity contribution is 0.647. The Morgan fingerprint density at radius 3 is 3.00 bits per heavy atom. The molecule has 0 atom stereocenters. The van der Waals surface area contributed by atoms with Gasteiger partial charge in [-0.2, -0.15) is 0 Å². The van der Waals surface area contributed by atoms with Gasteiger partial charge in [-0.15, -0.1) is 6.58 Å². The van der Waals surface area contributed by atoms with Gasteiger partial charge in [0.05, 0.1) is 17.2 Å². The van der Waals surface area contributed by atoms with Gasteiger partial charge in [0.25, 0.3) is 5.56 Å². The topological polar surface area (TPSA) is 34.9 Å². The molecule has 3 nitrogen and oxygen atoms in total. The number of fused-ring (bicyclic) bond motifs is 1. The van der Waals surface area contributed by atoms with Crippen molar-refractivity contribution in [2.45, 2.75) is 19.4 Å². The van der Waals surface area contributed by atoms with E-state index in [-0.39, 0.29) is 5.56 Å². The van der Waals surface area contributed by atoms with Gasteiger partial charge >= 0.3 is 0 Å². The minimum absolute atomic E-state index is 0.0391. The molecule has 0 saturated heterocycles. The van der Waals surface area contributed by atoms with Crippen molar-refractivity contribution in [3.8, 4) is 0 Å². The van der Waals surface area contributed by atoms with Crippen molar-refractivity contribution in [1.82, 2.24) is 9.55 Å². The second-order valence-electron chi connectivity index (χ2n) is 3.67. The lowest BCUT2D eigenvalue weighted by atomic mass is 10.2. The number of rotatable bonds is 4. The number of allylic oxidation sites excluding steroid dienone is 1. The first-order valence-electron chi connectivity index (χ1n) is 5.38. The largest absolute Gasteiger partial charge is 0.305 e. The summed E-state index contributed by atoms with van der Waals surface area (Å²) in [6.07, 6.45) is 5.10. The van der Waals surface area contributed by atoms with Crippen molar-refractivity contribution in [2.75, 3.05) is 0 Å². The Kier molecular flexibility index (Phi) is 3.15. The molecule has 0 spiro atoms. The van der Waals surface area contributed by atoms with Gasteiger partial charge in [0, 0.05) is 6.54 Å². The van der Waals surface area contributed by atoms with Crippen LogP contribution in [0.5, 0.6) is 0 Å². The minimum atomic E-state index is -0.0391. The van der Waals surface area contributed by atoms with Crippen molar-refractivity contribution in [3.63, 3.8) is 0 Å². The van der Waals surface area contributed by atoms with Gasteiger partial charge in [-0.1, -0.05) is 18.2 Å². The molecule has 1 heterocycles. The van der Waals surface area contributed by atoms with E-state index in [1.54, 1.807) is 4.57 Å². The molecular formula is C13H14N2O. The molecule has 2 aromatic rings. The molecule has 16 heavy (non-hydrogen) atoms. The maximum Gasteiger partial charge on any atom is 0.269 e. The highest BCUT2D eigenvalue weighted by molar-refractivity contribution is 5.74.